The van der Waals surface area contributed by atoms with E-state index in [1.54, 1.807) is 37.2 Å². The van der Waals surface area contributed by atoms with Gasteiger partial charge in [-0.1, -0.05) is 6.07 Å². The Bertz CT molecular complexity index is 847. The summed E-state index contributed by atoms with van der Waals surface area (Å²) in [5, 5.41) is 0.511. The number of aromatic nitrogens is 1. The molecule has 0 bridgehead atoms. The Labute approximate surface area is 125 Å². The number of hydrogen-bond donors (Lipinski definition) is 2. The van der Waals surface area contributed by atoms with E-state index >= 15 is 0 Å². The molecular weight excluding hydrogens is 274 g/mol. The number of fused-ring (bicyclic) bond motifs is 1. The number of nitrogens with zero attached hydrogens (tertiary/aromatic N) is 1. The van der Waals surface area contributed by atoms with Gasteiger partial charge >= 0.3 is 0 Å². The monoisotopic (exact) mass is 299 g/mol. The minimum atomic E-state index is -3.74. The van der Waals surface area contributed by atoms with Crippen LogP contribution in [0.5, 0.6) is 0 Å². The van der Waals surface area contributed by atoms with Gasteiger partial charge in [0, 0.05) is 26.4 Å². The predicted molar refractivity (Wildman–Crippen MR) is 82.2 cm³/mol. The molecule has 1 aromatic carbocycles. The number of benzene rings is 1. The summed E-state index contributed by atoms with van der Waals surface area (Å²) in [6, 6.07) is 4.77. The highest BCUT2D eigenvalue weighted by Gasteiger charge is 2.11. The molecule has 0 radical (unpaired) electrons. The Hall–Kier alpha value is -1.37. The Kier molecular flexibility index (Phi) is 3.08. The van der Waals surface area contributed by atoms with Crippen molar-refractivity contribution in [2.75, 3.05) is 27.7 Å². The highest BCUT2D eigenvalue weighted by atomic mass is 32.2. The predicted octanol–water partition coefficient (Wildman–Crippen LogP) is 1.32. The summed E-state index contributed by atoms with van der Waals surface area (Å²) in [4.78, 5) is 2.81. The van der Waals surface area contributed by atoms with Gasteiger partial charge in [-0.3, -0.25) is 0 Å². The Morgan fingerprint density at radius 3 is 2.90 bits per heavy atom. The zero-order valence-corrected chi connectivity index (χ0v) is 12.6. The summed E-state index contributed by atoms with van der Waals surface area (Å²) < 4.78 is 56.0. The second kappa shape index (κ2) is 5.95. The van der Waals surface area contributed by atoms with E-state index in [4.69, 9.17) is 5.57 Å². The van der Waals surface area contributed by atoms with Crippen LogP contribution < -0.4 is 4.72 Å². The van der Waals surface area contributed by atoms with Gasteiger partial charge in [-0.2, -0.15) is 0 Å². The van der Waals surface area contributed by atoms with E-state index in [0.29, 0.717) is 26.7 Å². The van der Waals surface area contributed by atoms with Crippen LogP contribution in [0.25, 0.3) is 10.9 Å². The maximum absolute atomic E-state index is 11.9. The van der Waals surface area contributed by atoms with Crippen LogP contribution in [0.1, 0.15) is 13.9 Å². The van der Waals surface area contributed by atoms with Gasteiger partial charge in [0.1, 0.15) is 1.41 Å². The quantitative estimate of drug-likeness (QED) is 0.845. The van der Waals surface area contributed by atoms with Crippen LogP contribution in [0.15, 0.2) is 24.4 Å². The number of aromatic amines is 1. The fourth-order valence-electron chi connectivity index (χ4n) is 1.86. The molecule has 0 amide bonds. The number of H-pyrrole nitrogens is 1. The molecule has 0 saturated carbocycles. The van der Waals surface area contributed by atoms with Gasteiger partial charge in [0.25, 0.3) is 0 Å². The summed E-state index contributed by atoms with van der Waals surface area (Å²) in [7, 11) is 0.939. The van der Waals surface area contributed by atoms with Crippen LogP contribution in [0.2, 0.25) is 2.82 Å². The van der Waals surface area contributed by atoms with E-state index in [-0.39, 0.29) is 12.3 Å². The Morgan fingerprint density at radius 1 is 1.50 bits per heavy atom. The molecule has 0 spiro atoms. The lowest BCUT2D eigenvalue weighted by molar-refractivity contribution is 0.414. The maximum Gasteiger partial charge on any atom is 0.215 e. The zero-order chi connectivity index (χ0) is 18.3. The van der Waals surface area contributed by atoms with Gasteiger partial charge in [-0.25, -0.2) is 13.1 Å². The topological polar surface area (TPSA) is 65.2 Å². The minimum absolute atomic E-state index is 0.143. The van der Waals surface area contributed by atoms with Gasteiger partial charge in [-0.05, 0) is 50.8 Å². The Morgan fingerprint density at radius 2 is 2.25 bits per heavy atom. The van der Waals surface area contributed by atoms with Crippen molar-refractivity contribution in [2.24, 2.45) is 0 Å². The van der Waals surface area contributed by atoms with Gasteiger partial charge in [0.15, 0.2) is 1.41 Å². The molecule has 6 heteroatoms. The lowest BCUT2D eigenvalue weighted by Gasteiger charge is -2.08. The van der Waals surface area contributed by atoms with Crippen molar-refractivity contribution in [3.05, 3.63) is 35.5 Å². The maximum atomic E-state index is 11.9. The number of likely N-dealkylation sites (N-methyl/N-ethyl adjacent to an activating group) is 1. The molecule has 0 atom stereocenters. The van der Waals surface area contributed by atoms with E-state index in [1.165, 1.54) is 6.20 Å². The first kappa shape index (κ1) is 10.4. The number of nitrogens with one attached hydrogen (secondary N) is 2. The standard InChI is InChI=1S/C14H21N3O2S/c1-15-20(18,19)10-11-4-5-14-13(8-11)12(9-16-14)6-7-17(2)3/h4-5,8-9,15-16H,6-7,10H2,1-3H3/i6D2/hD2. The molecule has 1 aromatic heterocycles. The Balaban J connectivity index is 2.53. The molecule has 2 N–H and O–H groups in total. The van der Waals surface area contributed by atoms with Crippen molar-refractivity contribution in [1.82, 2.24) is 14.6 Å². The van der Waals surface area contributed by atoms with Crippen LogP contribution >= 0.6 is 0 Å². The normalized spacial score (nSPS) is 16.2. The molecule has 5 nitrogen and oxygen atoms in total. The summed E-state index contributed by atoms with van der Waals surface area (Å²) >= 11 is 0. The van der Waals surface area contributed by atoms with Crippen LogP contribution in [0.4, 0.5) is 0 Å². The fourth-order valence-corrected chi connectivity index (χ4v) is 2.59. The third-order valence-electron chi connectivity index (χ3n) is 2.90. The second-order valence-corrected chi connectivity index (χ2v) is 6.66. The van der Waals surface area contributed by atoms with Crippen molar-refractivity contribution in [2.45, 2.75) is 12.1 Å². The van der Waals surface area contributed by atoms with Gasteiger partial charge < -0.3 is 9.88 Å². The van der Waals surface area contributed by atoms with Crippen molar-refractivity contribution in [3.63, 3.8) is 0 Å². The first-order chi connectivity index (χ1) is 10.9. The molecule has 0 saturated heterocycles. The molecule has 0 aliphatic heterocycles. The van der Waals surface area contributed by atoms with E-state index in [0.717, 1.165) is 12.0 Å². The molecule has 0 unspecified atom stereocenters. The molecule has 0 aliphatic carbocycles. The van der Waals surface area contributed by atoms with Crippen LogP contribution in [0.3, 0.4) is 0 Å². The third kappa shape index (κ3) is 3.59. The molecule has 20 heavy (non-hydrogen) atoms. The van der Waals surface area contributed by atoms with E-state index in [1.807, 2.05) is 0 Å². The average molecular weight is 299 g/mol. The SMILES string of the molecule is [2H]N(C)S(=O)(=O)Cc1ccc2c(c1)c(C([2H])([2H])CN(C)C)cn2[2H]. The summed E-state index contributed by atoms with van der Waals surface area (Å²) in [6.45, 7) is 0.143. The third-order valence-corrected chi connectivity index (χ3v) is 4.15. The first-order valence-corrected chi connectivity index (χ1v) is 7.79. The molecule has 1 heterocycles. The summed E-state index contributed by atoms with van der Waals surface area (Å²) in [5.74, 6) is -0.345. The van der Waals surface area contributed by atoms with E-state index in [9.17, 15) is 8.42 Å². The lowest BCUT2D eigenvalue weighted by atomic mass is 10.1. The molecular formula is C14H21N3O2S. The van der Waals surface area contributed by atoms with Crippen LogP contribution in [0, 0.1) is 0 Å². The van der Waals surface area contributed by atoms with Crippen LogP contribution in [-0.2, 0) is 22.1 Å². The van der Waals surface area contributed by atoms with Crippen molar-refractivity contribution >= 4 is 20.9 Å². The zero-order valence-electron chi connectivity index (χ0n) is 15.8. The molecule has 2 aromatic rings. The van der Waals surface area contributed by atoms with Gasteiger partial charge in [0.05, 0.1) is 5.75 Å². The highest BCUT2D eigenvalue weighted by molar-refractivity contribution is 7.88. The highest BCUT2D eigenvalue weighted by Crippen LogP contribution is 2.21. The van der Waals surface area contributed by atoms with Gasteiger partial charge in [-0.15, -0.1) is 0 Å². The molecule has 2 rings (SSSR count). The van der Waals surface area contributed by atoms with Crippen molar-refractivity contribution in [3.8, 4) is 0 Å². The first-order valence-electron chi connectivity index (χ1n) is 8.07. The number of hydrogen-bond acceptors (Lipinski definition) is 3. The fraction of sp³-hybridized carbons (Fsp3) is 0.429. The second-order valence-electron chi connectivity index (χ2n) is 4.85. The van der Waals surface area contributed by atoms with E-state index in [2.05, 4.69) is 0 Å². The molecule has 0 fully saturated rings. The van der Waals surface area contributed by atoms with E-state index < -0.39 is 16.4 Å². The number of rotatable bonds is 6. The number of sulfonamides is 1. The summed E-state index contributed by atoms with van der Waals surface area (Å²) in [5.41, 5.74) is 1.31. The van der Waals surface area contributed by atoms with Gasteiger partial charge in [0.2, 0.25) is 10.0 Å². The lowest BCUT2D eigenvalue weighted by Crippen LogP contribution is -2.20. The average Bonchev–Trinajstić information content (AvgIpc) is 2.74. The molecule has 110 valence electrons. The van der Waals surface area contributed by atoms with Crippen molar-refractivity contribution < 1.29 is 14.0 Å². The summed E-state index contributed by atoms with van der Waals surface area (Å²) in [6.07, 6.45) is -0.263. The molecule has 0 aliphatic rings. The largest absolute Gasteiger partial charge is 0.361 e. The van der Waals surface area contributed by atoms with Crippen molar-refractivity contribution in [1.29, 1.82) is 0 Å². The minimum Gasteiger partial charge on any atom is -0.361 e. The van der Waals surface area contributed by atoms with Crippen LogP contribution in [-0.4, -0.2) is 46.0 Å². The smallest absolute Gasteiger partial charge is 0.215 e.